The summed E-state index contributed by atoms with van der Waals surface area (Å²) in [6.07, 6.45) is 3.25. The van der Waals surface area contributed by atoms with Crippen LogP contribution in [0.3, 0.4) is 0 Å². The summed E-state index contributed by atoms with van der Waals surface area (Å²) in [5.74, 6) is 0.00789. The minimum atomic E-state index is -3.74. The Morgan fingerprint density at radius 3 is 2.74 bits per heavy atom. The Bertz CT molecular complexity index is 1220. The first-order valence-electron chi connectivity index (χ1n) is 9.28. The van der Waals surface area contributed by atoms with E-state index in [1.54, 1.807) is 36.7 Å². The van der Waals surface area contributed by atoms with Crippen LogP contribution in [0, 0.1) is 0 Å². The Labute approximate surface area is 197 Å². The summed E-state index contributed by atoms with van der Waals surface area (Å²) in [6.45, 7) is 0.708. The van der Waals surface area contributed by atoms with Crippen molar-refractivity contribution in [2.45, 2.75) is 16.7 Å². The van der Waals surface area contributed by atoms with Gasteiger partial charge in [0.15, 0.2) is 0 Å². The van der Waals surface area contributed by atoms with Crippen LogP contribution >= 0.6 is 38.9 Å². The predicted octanol–water partition coefficient (Wildman–Crippen LogP) is 3.55. The number of esters is 1. The molecule has 0 spiro atoms. The fourth-order valence-electron chi connectivity index (χ4n) is 3.45. The molecule has 1 saturated heterocycles. The molecule has 0 N–H and O–H groups in total. The van der Waals surface area contributed by atoms with Gasteiger partial charge in [-0.1, -0.05) is 17.7 Å². The molecule has 1 unspecified atom stereocenters. The van der Waals surface area contributed by atoms with Gasteiger partial charge >= 0.3 is 5.97 Å². The van der Waals surface area contributed by atoms with E-state index in [1.165, 1.54) is 22.8 Å². The largest absolute Gasteiger partial charge is 0.469 e. The molecule has 164 valence electrons. The van der Waals surface area contributed by atoms with Gasteiger partial charge in [-0.2, -0.15) is 4.31 Å². The number of carbonyl (C=O) groups is 1. The number of hydrogen-bond donors (Lipinski definition) is 0. The highest BCUT2D eigenvalue weighted by atomic mass is 79.9. The molecule has 0 radical (unpaired) electrons. The maximum atomic E-state index is 13.4. The van der Waals surface area contributed by atoms with Gasteiger partial charge in [-0.25, -0.2) is 18.4 Å². The number of ether oxygens (including phenoxy) is 1. The zero-order valence-electron chi connectivity index (χ0n) is 16.4. The number of anilines is 1. The Balaban J connectivity index is 1.62. The monoisotopic (exact) mass is 544 g/mol. The number of aromatic nitrogens is 2. The number of thiophene rings is 1. The van der Waals surface area contributed by atoms with Crippen molar-refractivity contribution in [1.82, 2.24) is 14.3 Å². The summed E-state index contributed by atoms with van der Waals surface area (Å²) >= 11 is 10.5. The van der Waals surface area contributed by atoms with Crippen molar-refractivity contribution < 1.29 is 17.9 Å². The second-order valence-electron chi connectivity index (χ2n) is 6.94. The number of fused-ring (bicyclic) bond motifs is 1. The van der Waals surface area contributed by atoms with Gasteiger partial charge in [-0.05, 0) is 39.5 Å². The summed E-state index contributed by atoms with van der Waals surface area (Å²) in [5.41, 5.74) is 0. The molecule has 1 aliphatic heterocycles. The van der Waals surface area contributed by atoms with Crippen LogP contribution in [0.5, 0.6) is 0 Å². The molecule has 8 nitrogen and oxygen atoms in total. The smallest absolute Gasteiger partial charge is 0.307 e. The third-order valence-electron chi connectivity index (χ3n) is 4.99. The summed E-state index contributed by atoms with van der Waals surface area (Å²) in [7, 11) is -2.43. The molecule has 0 amide bonds. The van der Waals surface area contributed by atoms with E-state index in [0.717, 1.165) is 14.6 Å². The molecular weight excluding hydrogens is 528 g/mol. The van der Waals surface area contributed by atoms with Crippen LogP contribution in [-0.2, 0) is 19.6 Å². The van der Waals surface area contributed by atoms with Crippen LogP contribution < -0.4 is 4.90 Å². The van der Waals surface area contributed by atoms with Crippen molar-refractivity contribution in [3.63, 3.8) is 0 Å². The standard InChI is InChI=1S/C19H18BrClN4O4S2/c1-29-17(26)8-15-11-24(4-5-25(15)19-22-9-13(20)10-23-19)31(27,28)18-6-12-2-3-14(21)7-16(12)30-18/h2-3,6-7,9-10,15H,4-5,8,11H2,1H3. The van der Waals surface area contributed by atoms with Gasteiger partial charge in [0.1, 0.15) is 4.21 Å². The first-order chi connectivity index (χ1) is 14.8. The Morgan fingerprint density at radius 1 is 1.29 bits per heavy atom. The van der Waals surface area contributed by atoms with Crippen LogP contribution in [0.15, 0.2) is 45.3 Å². The fourth-order valence-corrected chi connectivity index (χ4v) is 6.95. The molecule has 31 heavy (non-hydrogen) atoms. The summed E-state index contributed by atoms with van der Waals surface area (Å²) in [6, 6.07) is 6.49. The number of piperazine rings is 1. The van der Waals surface area contributed by atoms with E-state index in [2.05, 4.69) is 25.9 Å². The molecule has 0 bridgehead atoms. The van der Waals surface area contributed by atoms with Gasteiger partial charge in [0.25, 0.3) is 10.0 Å². The SMILES string of the molecule is COC(=O)CC1CN(S(=O)(=O)c2cc3ccc(Cl)cc3s2)CCN1c1ncc(Br)cn1. The van der Waals surface area contributed by atoms with Gasteiger partial charge < -0.3 is 9.64 Å². The van der Waals surface area contributed by atoms with Gasteiger partial charge in [-0.3, -0.25) is 4.79 Å². The third-order valence-corrected chi connectivity index (χ3v) is 9.05. The van der Waals surface area contributed by atoms with Crippen LogP contribution in [0.2, 0.25) is 5.02 Å². The number of hydrogen-bond acceptors (Lipinski definition) is 8. The summed E-state index contributed by atoms with van der Waals surface area (Å²) < 4.78 is 34.7. The van der Waals surface area contributed by atoms with Crippen molar-refractivity contribution >= 4 is 70.9 Å². The average Bonchev–Trinajstić information content (AvgIpc) is 3.18. The lowest BCUT2D eigenvalue weighted by atomic mass is 10.1. The van der Waals surface area contributed by atoms with E-state index >= 15 is 0 Å². The fraction of sp³-hybridized carbons (Fsp3) is 0.316. The maximum Gasteiger partial charge on any atom is 0.307 e. The number of nitrogens with zero attached hydrogens (tertiary/aromatic N) is 4. The van der Waals surface area contributed by atoms with E-state index in [-0.39, 0.29) is 23.7 Å². The lowest BCUT2D eigenvalue weighted by Crippen LogP contribution is -2.55. The zero-order valence-corrected chi connectivity index (χ0v) is 20.3. The molecule has 2 aromatic heterocycles. The molecule has 12 heteroatoms. The van der Waals surface area contributed by atoms with Crippen LogP contribution in [0.25, 0.3) is 10.1 Å². The maximum absolute atomic E-state index is 13.4. The average molecular weight is 546 g/mol. The second-order valence-corrected chi connectivity index (χ2v) is 11.5. The van der Waals surface area contributed by atoms with E-state index in [4.69, 9.17) is 16.3 Å². The molecule has 3 aromatic rings. The van der Waals surface area contributed by atoms with Gasteiger partial charge in [0, 0.05) is 41.8 Å². The lowest BCUT2D eigenvalue weighted by molar-refractivity contribution is -0.141. The molecule has 0 saturated carbocycles. The topological polar surface area (TPSA) is 92.7 Å². The quantitative estimate of drug-likeness (QED) is 0.453. The van der Waals surface area contributed by atoms with Crippen molar-refractivity contribution in [3.05, 3.63) is 46.2 Å². The van der Waals surface area contributed by atoms with Crippen molar-refractivity contribution in [2.24, 2.45) is 0 Å². The normalized spacial score (nSPS) is 17.8. The van der Waals surface area contributed by atoms with Crippen LogP contribution in [-0.4, -0.2) is 61.4 Å². The Morgan fingerprint density at radius 2 is 2.03 bits per heavy atom. The number of sulfonamides is 1. The molecule has 3 heterocycles. The minimum Gasteiger partial charge on any atom is -0.469 e. The zero-order chi connectivity index (χ0) is 22.2. The van der Waals surface area contributed by atoms with E-state index in [0.29, 0.717) is 17.5 Å². The molecule has 1 aliphatic rings. The van der Waals surface area contributed by atoms with Crippen molar-refractivity contribution in [1.29, 1.82) is 0 Å². The predicted molar refractivity (Wildman–Crippen MR) is 123 cm³/mol. The molecule has 4 rings (SSSR count). The van der Waals surface area contributed by atoms with Crippen LogP contribution in [0.4, 0.5) is 5.95 Å². The third kappa shape index (κ3) is 4.70. The van der Waals surface area contributed by atoms with E-state index in [1.807, 2.05) is 4.90 Å². The number of halogens is 2. The number of methoxy groups -OCH3 is 1. The summed E-state index contributed by atoms with van der Waals surface area (Å²) in [5, 5.41) is 1.38. The Hall–Kier alpha value is -1.79. The highest BCUT2D eigenvalue weighted by molar-refractivity contribution is 9.10. The molecule has 1 fully saturated rings. The highest BCUT2D eigenvalue weighted by Crippen LogP contribution is 2.34. The molecule has 1 aromatic carbocycles. The first kappa shape index (κ1) is 22.4. The highest BCUT2D eigenvalue weighted by Gasteiger charge is 2.37. The van der Waals surface area contributed by atoms with Crippen LogP contribution in [0.1, 0.15) is 6.42 Å². The second kappa shape index (κ2) is 8.99. The Kier molecular flexibility index (Phi) is 6.50. The number of carbonyl (C=O) groups excluding carboxylic acids is 1. The first-order valence-corrected chi connectivity index (χ1v) is 12.7. The van der Waals surface area contributed by atoms with Gasteiger partial charge in [0.05, 0.1) is 24.0 Å². The number of rotatable bonds is 5. The van der Waals surface area contributed by atoms with E-state index < -0.39 is 22.0 Å². The van der Waals surface area contributed by atoms with E-state index in [9.17, 15) is 13.2 Å². The van der Waals surface area contributed by atoms with Gasteiger partial charge in [-0.15, -0.1) is 11.3 Å². The molecule has 0 aliphatic carbocycles. The molecular formula is C19H18BrClN4O4S2. The minimum absolute atomic E-state index is 0.0178. The lowest BCUT2D eigenvalue weighted by Gasteiger charge is -2.40. The molecule has 1 atom stereocenters. The van der Waals surface area contributed by atoms with Crippen molar-refractivity contribution in [3.8, 4) is 0 Å². The van der Waals surface area contributed by atoms with Gasteiger partial charge in [0.2, 0.25) is 5.95 Å². The summed E-state index contributed by atoms with van der Waals surface area (Å²) in [4.78, 5) is 22.5. The number of benzene rings is 1. The van der Waals surface area contributed by atoms with Crippen molar-refractivity contribution in [2.75, 3.05) is 31.6 Å².